The fourth-order valence-electron chi connectivity index (χ4n) is 2.86. The Bertz CT molecular complexity index is 201. The number of nitrogens with two attached hydrogens (primary N) is 1. The molecule has 2 N–H and O–H groups in total. The van der Waals surface area contributed by atoms with Crippen LogP contribution in [-0.4, -0.2) is 30.1 Å². The van der Waals surface area contributed by atoms with E-state index in [1.54, 1.807) is 0 Å². The lowest BCUT2D eigenvalue weighted by molar-refractivity contribution is 0.0950. The Balaban J connectivity index is 2.40. The Morgan fingerprint density at radius 2 is 1.75 bits per heavy atom. The van der Waals surface area contributed by atoms with Crippen LogP contribution in [0.5, 0.6) is 0 Å². The van der Waals surface area contributed by atoms with E-state index in [-0.39, 0.29) is 0 Å². The van der Waals surface area contributed by atoms with E-state index < -0.39 is 0 Å². The molecule has 0 amide bonds. The van der Waals surface area contributed by atoms with Gasteiger partial charge in [-0.25, -0.2) is 0 Å². The third kappa shape index (κ3) is 4.06. The van der Waals surface area contributed by atoms with Gasteiger partial charge in [0.25, 0.3) is 0 Å². The molecule has 0 aliphatic heterocycles. The third-order valence-electron chi connectivity index (χ3n) is 4.29. The highest BCUT2D eigenvalue weighted by molar-refractivity contribution is 4.85. The smallest absolute Gasteiger partial charge is 0.00954 e. The molecule has 1 rings (SSSR count). The first-order valence-corrected chi connectivity index (χ1v) is 6.79. The highest BCUT2D eigenvalue weighted by Gasteiger charge is 2.30. The normalized spacial score (nSPS) is 25.7. The number of rotatable bonds is 4. The fraction of sp³-hybridized carbons (Fsp3) is 1.00. The van der Waals surface area contributed by atoms with Gasteiger partial charge in [0, 0.05) is 18.1 Å². The first-order chi connectivity index (χ1) is 7.32. The molecule has 0 aromatic carbocycles. The number of nitrogens with zero attached hydrogens (tertiary/aromatic N) is 1. The molecular weight excluding hydrogens is 196 g/mol. The zero-order chi connectivity index (χ0) is 12.3. The summed E-state index contributed by atoms with van der Waals surface area (Å²) in [5.41, 5.74) is 6.45. The molecule has 1 fully saturated rings. The summed E-state index contributed by atoms with van der Waals surface area (Å²) in [6, 6.07) is 1.71. The highest BCUT2D eigenvalue weighted by atomic mass is 15.2. The second-order valence-electron chi connectivity index (χ2n) is 6.62. The molecule has 1 saturated carbocycles. The van der Waals surface area contributed by atoms with Gasteiger partial charge in [-0.1, -0.05) is 13.8 Å². The molecule has 0 aromatic rings. The second kappa shape index (κ2) is 5.50. The average molecular weight is 226 g/mol. The molecule has 96 valence electrons. The zero-order valence-electron chi connectivity index (χ0n) is 11.8. The Morgan fingerprint density at radius 3 is 2.19 bits per heavy atom. The van der Waals surface area contributed by atoms with Crippen LogP contribution in [-0.2, 0) is 0 Å². The van der Waals surface area contributed by atoms with Crippen LogP contribution >= 0.6 is 0 Å². The van der Waals surface area contributed by atoms with Crippen LogP contribution in [0.4, 0.5) is 0 Å². The molecular formula is C14H30N2. The maximum atomic E-state index is 5.88. The SMILES string of the molecule is CC(N)CC(C)N(C)C1CCC(C)(C)CC1. The first-order valence-electron chi connectivity index (χ1n) is 6.79. The van der Waals surface area contributed by atoms with Crippen molar-refractivity contribution in [2.24, 2.45) is 11.1 Å². The van der Waals surface area contributed by atoms with Crippen molar-refractivity contribution in [1.29, 1.82) is 0 Å². The lowest BCUT2D eigenvalue weighted by Crippen LogP contribution is -2.43. The van der Waals surface area contributed by atoms with Gasteiger partial charge in [-0.2, -0.15) is 0 Å². The summed E-state index contributed by atoms with van der Waals surface area (Å²) in [7, 11) is 2.27. The quantitative estimate of drug-likeness (QED) is 0.798. The number of hydrogen-bond donors (Lipinski definition) is 1. The second-order valence-corrected chi connectivity index (χ2v) is 6.62. The van der Waals surface area contributed by atoms with Gasteiger partial charge in [0.1, 0.15) is 0 Å². The third-order valence-corrected chi connectivity index (χ3v) is 4.29. The summed E-state index contributed by atoms with van der Waals surface area (Å²) < 4.78 is 0. The minimum absolute atomic E-state index is 0.317. The van der Waals surface area contributed by atoms with Crippen molar-refractivity contribution in [2.45, 2.75) is 77.9 Å². The summed E-state index contributed by atoms with van der Waals surface area (Å²) >= 11 is 0. The van der Waals surface area contributed by atoms with Crippen molar-refractivity contribution in [2.75, 3.05) is 7.05 Å². The van der Waals surface area contributed by atoms with Crippen molar-refractivity contribution < 1.29 is 0 Å². The van der Waals surface area contributed by atoms with E-state index >= 15 is 0 Å². The van der Waals surface area contributed by atoms with Gasteiger partial charge in [0.2, 0.25) is 0 Å². The summed E-state index contributed by atoms with van der Waals surface area (Å²) in [5, 5.41) is 0. The predicted octanol–water partition coefficient (Wildman–Crippen LogP) is 3.01. The molecule has 0 aromatic heterocycles. The van der Waals surface area contributed by atoms with Crippen molar-refractivity contribution in [3.05, 3.63) is 0 Å². The molecule has 0 heterocycles. The Labute approximate surface area is 102 Å². The number of hydrogen-bond acceptors (Lipinski definition) is 2. The van der Waals surface area contributed by atoms with Crippen molar-refractivity contribution in [1.82, 2.24) is 4.90 Å². The van der Waals surface area contributed by atoms with Crippen molar-refractivity contribution >= 4 is 0 Å². The molecule has 1 aliphatic rings. The summed E-state index contributed by atoms with van der Waals surface area (Å²) in [6.45, 7) is 9.21. The fourth-order valence-corrected chi connectivity index (χ4v) is 2.86. The van der Waals surface area contributed by atoms with Crippen LogP contribution in [0.15, 0.2) is 0 Å². The molecule has 2 atom stereocenters. The minimum Gasteiger partial charge on any atom is -0.328 e. The lowest BCUT2D eigenvalue weighted by atomic mass is 9.75. The summed E-state index contributed by atoms with van der Waals surface area (Å²) in [5.74, 6) is 0. The predicted molar refractivity (Wildman–Crippen MR) is 71.5 cm³/mol. The van der Waals surface area contributed by atoms with E-state index in [0.717, 1.165) is 12.5 Å². The Hall–Kier alpha value is -0.0800. The van der Waals surface area contributed by atoms with Crippen LogP contribution in [0.2, 0.25) is 0 Å². The van der Waals surface area contributed by atoms with Gasteiger partial charge < -0.3 is 10.6 Å². The molecule has 0 bridgehead atoms. The average Bonchev–Trinajstić information content (AvgIpc) is 2.15. The molecule has 2 heteroatoms. The van der Waals surface area contributed by atoms with Crippen LogP contribution < -0.4 is 5.73 Å². The topological polar surface area (TPSA) is 29.3 Å². The van der Waals surface area contributed by atoms with E-state index in [1.165, 1.54) is 25.7 Å². The van der Waals surface area contributed by atoms with Crippen LogP contribution in [0.3, 0.4) is 0 Å². The van der Waals surface area contributed by atoms with Gasteiger partial charge >= 0.3 is 0 Å². The van der Waals surface area contributed by atoms with E-state index in [2.05, 4.69) is 39.6 Å². The monoisotopic (exact) mass is 226 g/mol. The highest BCUT2D eigenvalue weighted by Crippen LogP contribution is 2.37. The maximum Gasteiger partial charge on any atom is 0.00954 e. The minimum atomic E-state index is 0.317. The maximum absolute atomic E-state index is 5.88. The Kier molecular flexibility index (Phi) is 4.81. The Morgan fingerprint density at radius 1 is 1.25 bits per heavy atom. The largest absolute Gasteiger partial charge is 0.328 e. The van der Waals surface area contributed by atoms with E-state index in [1.807, 2.05) is 0 Å². The van der Waals surface area contributed by atoms with Crippen LogP contribution in [0, 0.1) is 5.41 Å². The molecule has 2 nitrogen and oxygen atoms in total. The van der Waals surface area contributed by atoms with Gasteiger partial charge in [-0.05, 0) is 58.4 Å². The molecule has 0 radical (unpaired) electrons. The first kappa shape index (κ1) is 14.0. The molecule has 2 unspecified atom stereocenters. The molecule has 0 saturated heterocycles. The standard InChI is InChI=1S/C14H30N2/c1-11(15)10-12(2)16(5)13-6-8-14(3,4)9-7-13/h11-13H,6-10,15H2,1-5H3. The van der Waals surface area contributed by atoms with Gasteiger partial charge in [0.15, 0.2) is 0 Å². The zero-order valence-corrected chi connectivity index (χ0v) is 11.8. The van der Waals surface area contributed by atoms with E-state index in [0.29, 0.717) is 17.5 Å². The van der Waals surface area contributed by atoms with Gasteiger partial charge in [0.05, 0.1) is 0 Å². The van der Waals surface area contributed by atoms with Crippen molar-refractivity contribution in [3.8, 4) is 0 Å². The van der Waals surface area contributed by atoms with Gasteiger partial charge in [-0.15, -0.1) is 0 Å². The summed E-state index contributed by atoms with van der Waals surface area (Å²) in [4.78, 5) is 2.55. The molecule has 16 heavy (non-hydrogen) atoms. The van der Waals surface area contributed by atoms with E-state index in [9.17, 15) is 0 Å². The van der Waals surface area contributed by atoms with Crippen LogP contribution in [0.25, 0.3) is 0 Å². The van der Waals surface area contributed by atoms with Gasteiger partial charge in [-0.3, -0.25) is 0 Å². The lowest BCUT2D eigenvalue weighted by Gasteiger charge is -2.41. The van der Waals surface area contributed by atoms with Crippen LogP contribution in [0.1, 0.15) is 59.8 Å². The summed E-state index contributed by atoms with van der Waals surface area (Å²) in [6.07, 6.45) is 6.55. The van der Waals surface area contributed by atoms with Crippen molar-refractivity contribution in [3.63, 3.8) is 0 Å². The van der Waals surface area contributed by atoms with E-state index in [4.69, 9.17) is 5.73 Å². The molecule has 1 aliphatic carbocycles. The molecule has 0 spiro atoms.